The molecule has 2 heterocycles. The zero-order valence-electron chi connectivity index (χ0n) is 40.2. The highest BCUT2D eigenvalue weighted by molar-refractivity contribution is 6.64. The highest BCUT2D eigenvalue weighted by Crippen LogP contribution is 2.62. The summed E-state index contributed by atoms with van der Waals surface area (Å²) in [5, 5.41) is -0.0356. The first-order valence-corrected chi connectivity index (χ1v) is 26.4. The van der Waals surface area contributed by atoms with Gasteiger partial charge in [0, 0.05) is 49.1 Å². The van der Waals surface area contributed by atoms with Crippen LogP contribution in [-0.4, -0.2) is 73.3 Å². The third-order valence-corrected chi connectivity index (χ3v) is 17.9. The number of anilines is 1. The minimum absolute atomic E-state index is 0. The molecule has 8 saturated carbocycles. The molecule has 0 radical (unpaired) electrons. The second kappa shape index (κ2) is 21.0. The van der Waals surface area contributed by atoms with Gasteiger partial charge in [-0.15, -0.1) is 0 Å². The van der Waals surface area contributed by atoms with Crippen molar-refractivity contribution in [2.24, 2.45) is 46.3 Å². The Balaban J connectivity index is 0.000000140. The van der Waals surface area contributed by atoms with Gasteiger partial charge in [-0.3, -0.25) is 9.59 Å². The van der Waals surface area contributed by atoms with Crippen LogP contribution in [0.4, 0.5) is 5.69 Å². The van der Waals surface area contributed by atoms with Crippen LogP contribution in [0.1, 0.15) is 116 Å². The SMILES string of the molecule is C.CN1CCC(Oc2cccc(-c3cccc(CC(=O)C45CC6CC(CC(C6)C4)C5)c3)c2)CC1.CN1CCC(Oc2cccc(-c3cccc(N)c3)c2)CC1.O=C(Cl)C12CC3CC(CC(C3)C1)C2. The van der Waals surface area contributed by atoms with Gasteiger partial charge in [-0.05, 0) is 228 Å². The Morgan fingerprint density at radius 1 is 0.544 bits per heavy atom. The molecule has 0 amide bonds. The van der Waals surface area contributed by atoms with Crippen molar-refractivity contribution in [3.8, 4) is 33.8 Å². The molecule has 2 aliphatic heterocycles. The number of ether oxygens (including phenoxy) is 2. The minimum Gasteiger partial charge on any atom is -0.490 e. The third-order valence-electron chi connectivity index (χ3n) is 17.5. The Labute approximate surface area is 412 Å². The van der Waals surface area contributed by atoms with E-state index in [1.807, 2.05) is 30.3 Å². The molecule has 0 atom stereocenters. The van der Waals surface area contributed by atoms with Gasteiger partial charge in [0.2, 0.25) is 5.24 Å². The van der Waals surface area contributed by atoms with E-state index in [2.05, 4.69) is 90.6 Å². The van der Waals surface area contributed by atoms with E-state index in [9.17, 15) is 9.59 Å². The van der Waals surface area contributed by atoms with E-state index in [1.54, 1.807) is 0 Å². The number of nitrogens with two attached hydrogens (primary N) is 1. The van der Waals surface area contributed by atoms with Crippen molar-refractivity contribution in [3.05, 3.63) is 103 Å². The van der Waals surface area contributed by atoms with Crippen molar-refractivity contribution in [1.82, 2.24) is 9.80 Å². The molecular formula is C60H78ClN3O4. The molecule has 10 aliphatic rings. The lowest BCUT2D eigenvalue weighted by atomic mass is 9.48. The topological polar surface area (TPSA) is 85.1 Å². The summed E-state index contributed by atoms with van der Waals surface area (Å²) in [6.45, 7) is 4.42. The van der Waals surface area contributed by atoms with Gasteiger partial charge in [-0.2, -0.15) is 0 Å². The highest BCUT2D eigenvalue weighted by atomic mass is 35.5. The number of hydrogen-bond acceptors (Lipinski definition) is 7. The van der Waals surface area contributed by atoms with Crippen LogP contribution in [0, 0.1) is 46.3 Å². The third kappa shape index (κ3) is 11.4. The summed E-state index contributed by atoms with van der Waals surface area (Å²) < 4.78 is 12.5. The van der Waals surface area contributed by atoms with Gasteiger partial charge in [0.25, 0.3) is 0 Å². The van der Waals surface area contributed by atoms with Crippen LogP contribution in [0.3, 0.4) is 0 Å². The fourth-order valence-electron chi connectivity index (χ4n) is 14.8. The maximum Gasteiger partial charge on any atom is 0.227 e. The van der Waals surface area contributed by atoms with Crippen molar-refractivity contribution < 1.29 is 19.1 Å². The van der Waals surface area contributed by atoms with E-state index in [0.29, 0.717) is 24.4 Å². The largest absolute Gasteiger partial charge is 0.490 e. The average molecular weight is 941 g/mol. The van der Waals surface area contributed by atoms with Crippen molar-refractivity contribution >= 4 is 28.3 Å². The first-order valence-electron chi connectivity index (χ1n) is 26.0. The van der Waals surface area contributed by atoms with Gasteiger partial charge in [0.1, 0.15) is 29.5 Å². The van der Waals surface area contributed by atoms with Crippen LogP contribution in [0.15, 0.2) is 97.1 Å². The predicted octanol–water partition coefficient (Wildman–Crippen LogP) is 13.2. The van der Waals surface area contributed by atoms with E-state index in [1.165, 1.54) is 49.7 Å². The maximum atomic E-state index is 13.6. The number of halogens is 1. The van der Waals surface area contributed by atoms with E-state index < -0.39 is 0 Å². The Kier molecular flexibility index (Phi) is 15.1. The molecule has 2 saturated heterocycles. The smallest absolute Gasteiger partial charge is 0.227 e. The van der Waals surface area contributed by atoms with Crippen molar-refractivity contribution in [2.75, 3.05) is 46.0 Å². The molecule has 8 heteroatoms. The lowest BCUT2D eigenvalue weighted by molar-refractivity contribution is -0.143. The molecule has 14 rings (SSSR count). The van der Waals surface area contributed by atoms with Crippen molar-refractivity contribution in [2.45, 2.75) is 129 Å². The Morgan fingerprint density at radius 2 is 0.912 bits per heavy atom. The van der Waals surface area contributed by atoms with Crippen LogP contribution in [0.2, 0.25) is 0 Å². The molecule has 7 nitrogen and oxygen atoms in total. The Morgan fingerprint density at radius 3 is 1.32 bits per heavy atom. The van der Waals surface area contributed by atoms with Crippen LogP contribution < -0.4 is 15.2 Å². The molecule has 0 aromatic heterocycles. The zero-order chi connectivity index (χ0) is 46.1. The van der Waals surface area contributed by atoms with Crippen molar-refractivity contribution in [1.29, 1.82) is 0 Å². The summed E-state index contributed by atoms with van der Waals surface area (Å²) in [7, 11) is 4.34. The lowest BCUT2D eigenvalue weighted by Gasteiger charge is -2.56. The molecule has 8 bridgehead atoms. The van der Waals surface area contributed by atoms with Gasteiger partial charge in [-0.1, -0.05) is 68.1 Å². The molecule has 0 unspecified atom stereocenters. The second-order valence-electron chi connectivity index (χ2n) is 22.9. The fourth-order valence-corrected chi connectivity index (χ4v) is 15.1. The van der Waals surface area contributed by atoms with Crippen LogP contribution in [0.5, 0.6) is 11.5 Å². The number of piperidine rings is 2. The number of nitrogens with zero attached hydrogens (tertiary/aromatic N) is 2. The minimum atomic E-state index is -0.0731. The number of carbonyl (C=O) groups excluding carboxylic acids is 2. The summed E-state index contributed by atoms with van der Waals surface area (Å²) >= 11 is 5.76. The summed E-state index contributed by atoms with van der Waals surface area (Å²) in [5.41, 5.74) is 12.4. The number of benzene rings is 4. The second-order valence-corrected chi connectivity index (χ2v) is 23.2. The van der Waals surface area contributed by atoms with Crippen LogP contribution in [-0.2, 0) is 16.0 Å². The van der Waals surface area contributed by atoms with Crippen LogP contribution >= 0.6 is 11.6 Å². The first kappa shape index (κ1) is 48.8. The molecule has 2 N–H and O–H groups in total. The molecule has 4 aromatic rings. The highest BCUT2D eigenvalue weighted by Gasteiger charge is 2.55. The molecule has 364 valence electrons. The van der Waals surface area contributed by atoms with E-state index in [-0.39, 0.29) is 23.5 Å². The fraction of sp³-hybridized carbons (Fsp3) is 0.567. The predicted molar refractivity (Wildman–Crippen MR) is 278 cm³/mol. The number of hydrogen-bond donors (Lipinski definition) is 1. The first-order chi connectivity index (χ1) is 32.4. The summed E-state index contributed by atoms with van der Waals surface area (Å²) in [6, 6.07) is 33.4. The molecule has 10 fully saturated rings. The summed E-state index contributed by atoms with van der Waals surface area (Å²) in [6.07, 6.45) is 20.7. The summed E-state index contributed by atoms with van der Waals surface area (Å²) in [5.74, 6) is 7.35. The number of Topliss-reactive ketones (excluding diaryl/α,β-unsaturated/α-hetero) is 1. The number of nitrogen functional groups attached to an aromatic ring is 1. The number of ketones is 1. The normalized spacial score (nSPS) is 30.6. The van der Waals surface area contributed by atoms with Crippen molar-refractivity contribution in [3.63, 3.8) is 0 Å². The standard InChI is InChI=1S/C30H37NO2.C18H22N2O.C11H15ClO.CH4/c1-31-10-8-27(9-11-31)33-28-7-3-6-26(17-28)25-5-2-4-21(15-25)16-29(32)30-18-22-12-23(19-30)14-24(13-22)20-30;1-20-10-8-17(9-11-20)21-18-7-3-5-15(13-18)14-4-2-6-16(19)12-14;12-10(13)11-4-7-1-8(5-11)3-9(2-7)6-11;/h2-7,15,17,22-24,27H,8-14,16,18-20H2,1H3;2-7,12-13,17H,8-11,19H2,1H3;7-9H,1-6H2;1H4. The van der Waals surface area contributed by atoms with E-state index in [0.717, 1.165) is 160 Å². The molecule has 8 aliphatic carbocycles. The zero-order valence-corrected chi connectivity index (χ0v) is 40.9. The Bertz CT molecular complexity index is 2290. The van der Waals surface area contributed by atoms with E-state index >= 15 is 0 Å². The maximum absolute atomic E-state index is 13.6. The molecule has 4 aromatic carbocycles. The van der Waals surface area contributed by atoms with Gasteiger partial charge in [0.05, 0.1) is 0 Å². The molecule has 68 heavy (non-hydrogen) atoms. The Hall–Kier alpha value is -4.17. The van der Waals surface area contributed by atoms with Gasteiger partial charge in [0.15, 0.2) is 0 Å². The average Bonchev–Trinajstić information content (AvgIpc) is 3.30. The summed E-state index contributed by atoms with van der Waals surface area (Å²) in [4.78, 5) is 29.8. The van der Waals surface area contributed by atoms with E-state index in [4.69, 9.17) is 26.8 Å². The monoisotopic (exact) mass is 940 g/mol. The number of likely N-dealkylation sites (tertiary alicyclic amines) is 2. The van der Waals surface area contributed by atoms with Gasteiger partial charge < -0.3 is 25.0 Å². The number of rotatable bonds is 10. The lowest BCUT2D eigenvalue weighted by Crippen LogP contribution is -2.50. The van der Waals surface area contributed by atoms with Gasteiger partial charge >= 0.3 is 0 Å². The van der Waals surface area contributed by atoms with Crippen LogP contribution in [0.25, 0.3) is 22.3 Å². The molecular weight excluding hydrogens is 862 g/mol. The molecule has 0 spiro atoms. The number of carbonyl (C=O) groups is 2. The quantitative estimate of drug-likeness (QED) is 0.125. The van der Waals surface area contributed by atoms with Gasteiger partial charge in [-0.25, -0.2) is 0 Å².